The van der Waals surface area contributed by atoms with E-state index in [-0.39, 0.29) is 18.1 Å². The number of pyridine rings is 1. The van der Waals surface area contributed by atoms with Gasteiger partial charge in [-0.1, -0.05) is 0 Å². The number of carbonyl (C=O) groups excluding carboxylic acids is 1. The summed E-state index contributed by atoms with van der Waals surface area (Å²) in [6.45, 7) is 0.389. The van der Waals surface area contributed by atoms with Crippen molar-refractivity contribution in [2.24, 2.45) is 0 Å². The van der Waals surface area contributed by atoms with Gasteiger partial charge in [-0.3, -0.25) is 4.79 Å². The third-order valence-corrected chi connectivity index (χ3v) is 1.62. The molecular weight excluding hydrogens is 184 g/mol. The normalized spacial score (nSPS) is 9.79. The molecule has 1 aromatic rings. The van der Waals surface area contributed by atoms with Crippen molar-refractivity contribution in [1.29, 1.82) is 0 Å². The number of nitrogens with one attached hydrogen (secondary N) is 1. The van der Waals surface area contributed by atoms with Crippen molar-refractivity contribution in [2.75, 3.05) is 13.2 Å². The quantitative estimate of drug-likeness (QED) is 0.587. The van der Waals surface area contributed by atoms with E-state index in [1.54, 1.807) is 6.07 Å². The molecule has 0 fully saturated rings. The lowest BCUT2D eigenvalue weighted by atomic mass is 10.3. The molecule has 76 valence electrons. The first-order valence-electron chi connectivity index (χ1n) is 4.28. The highest BCUT2D eigenvalue weighted by molar-refractivity contribution is 5.94. The van der Waals surface area contributed by atoms with E-state index < -0.39 is 5.91 Å². The number of carbonyl (C=O) groups is 1. The summed E-state index contributed by atoms with van der Waals surface area (Å²) >= 11 is 0. The Labute approximate surface area is 81.4 Å². The van der Waals surface area contributed by atoms with Crippen molar-refractivity contribution in [2.45, 2.75) is 6.42 Å². The Morgan fingerprint density at radius 3 is 3.00 bits per heavy atom. The van der Waals surface area contributed by atoms with Crippen LogP contribution in [0.3, 0.4) is 0 Å². The predicted molar refractivity (Wildman–Crippen MR) is 49.9 cm³/mol. The van der Waals surface area contributed by atoms with Gasteiger partial charge in [-0.15, -0.1) is 0 Å². The molecule has 1 rings (SSSR count). The van der Waals surface area contributed by atoms with Crippen molar-refractivity contribution < 1.29 is 15.0 Å². The largest absolute Gasteiger partial charge is 0.505 e. The molecule has 0 unspecified atom stereocenters. The van der Waals surface area contributed by atoms with Crippen LogP contribution in [0, 0.1) is 0 Å². The highest BCUT2D eigenvalue weighted by Crippen LogP contribution is 2.11. The van der Waals surface area contributed by atoms with Gasteiger partial charge in [-0.2, -0.15) is 0 Å². The molecule has 0 saturated heterocycles. The first-order valence-corrected chi connectivity index (χ1v) is 4.28. The van der Waals surface area contributed by atoms with Crippen molar-refractivity contribution in [1.82, 2.24) is 10.3 Å². The molecule has 3 N–H and O–H groups in total. The van der Waals surface area contributed by atoms with E-state index in [0.29, 0.717) is 13.0 Å². The summed E-state index contributed by atoms with van der Waals surface area (Å²) in [4.78, 5) is 15.1. The van der Waals surface area contributed by atoms with Gasteiger partial charge in [0.05, 0.1) is 0 Å². The minimum Gasteiger partial charge on any atom is -0.505 e. The Balaban J connectivity index is 2.56. The van der Waals surface area contributed by atoms with E-state index in [1.807, 2.05) is 0 Å². The van der Waals surface area contributed by atoms with Gasteiger partial charge >= 0.3 is 0 Å². The van der Waals surface area contributed by atoms with Crippen LogP contribution in [0.2, 0.25) is 0 Å². The molecule has 0 aromatic carbocycles. The Bertz CT molecular complexity index is 315. The molecule has 0 aliphatic heterocycles. The Morgan fingerprint density at radius 2 is 2.36 bits per heavy atom. The van der Waals surface area contributed by atoms with Gasteiger partial charge in [-0.25, -0.2) is 4.98 Å². The van der Waals surface area contributed by atoms with E-state index in [2.05, 4.69) is 10.3 Å². The van der Waals surface area contributed by atoms with Crippen molar-refractivity contribution in [3.63, 3.8) is 0 Å². The van der Waals surface area contributed by atoms with Gasteiger partial charge in [0.1, 0.15) is 5.75 Å². The Morgan fingerprint density at radius 1 is 1.57 bits per heavy atom. The van der Waals surface area contributed by atoms with Crippen molar-refractivity contribution in [3.05, 3.63) is 24.0 Å². The summed E-state index contributed by atoms with van der Waals surface area (Å²) in [5.41, 5.74) is 0.00504. The molecule has 1 aromatic heterocycles. The van der Waals surface area contributed by atoms with Crippen LogP contribution in [0.1, 0.15) is 16.9 Å². The van der Waals surface area contributed by atoms with Gasteiger partial charge in [-0.05, 0) is 18.6 Å². The zero-order valence-electron chi connectivity index (χ0n) is 7.60. The third-order valence-electron chi connectivity index (χ3n) is 1.62. The average molecular weight is 196 g/mol. The van der Waals surface area contributed by atoms with Crippen LogP contribution >= 0.6 is 0 Å². The van der Waals surface area contributed by atoms with Gasteiger partial charge < -0.3 is 15.5 Å². The maximum Gasteiger partial charge on any atom is 0.273 e. The van der Waals surface area contributed by atoms with E-state index >= 15 is 0 Å². The topological polar surface area (TPSA) is 82.5 Å². The number of aliphatic hydroxyl groups is 1. The van der Waals surface area contributed by atoms with E-state index in [1.165, 1.54) is 12.3 Å². The van der Waals surface area contributed by atoms with Crippen LogP contribution in [-0.4, -0.2) is 34.3 Å². The minimum absolute atomic E-state index is 0.00504. The predicted octanol–water partition coefficient (Wildman–Crippen LogP) is -0.101. The lowest BCUT2D eigenvalue weighted by Crippen LogP contribution is -2.25. The highest BCUT2D eigenvalue weighted by atomic mass is 16.3. The molecule has 1 heterocycles. The second-order valence-electron chi connectivity index (χ2n) is 2.70. The molecular formula is C9H12N2O3. The zero-order chi connectivity index (χ0) is 10.4. The summed E-state index contributed by atoms with van der Waals surface area (Å²) in [5.74, 6) is -0.578. The first kappa shape index (κ1) is 10.5. The van der Waals surface area contributed by atoms with Gasteiger partial charge in [0.25, 0.3) is 5.91 Å². The summed E-state index contributed by atoms with van der Waals surface area (Å²) in [7, 11) is 0. The molecule has 0 bridgehead atoms. The molecule has 1 amide bonds. The molecule has 0 spiro atoms. The number of aromatic hydroxyl groups is 1. The number of nitrogens with zero attached hydrogens (tertiary/aromatic N) is 1. The van der Waals surface area contributed by atoms with Crippen LogP contribution in [0.5, 0.6) is 5.75 Å². The molecule has 0 radical (unpaired) electrons. The lowest BCUT2D eigenvalue weighted by Gasteiger charge is -2.04. The van der Waals surface area contributed by atoms with Crippen LogP contribution < -0.4 is 5.32 Å². The maximum atomic E-state index is 11.3. The molecule has 0 saturated carbocycles. The Hall–Kier alpha value is -1.62. The van der Waals surface area contributed by atoms with E-state index in [9.17, 15) is 9.90 Å². The fourth-order valence-corrected chi connectivity index (χ4v) is 0.936. The third kappa shape index (κ3) is 2.70. The number of hydrogen-bond donors (Lipinski definition) is 3. The highest BCUT2D eigenvalue weighted by Gasteiger charge is 2.10. The van der Waals surface area contributed by atoms with Crippen LogP contribution in [0.4, 0.5) is 0 Å². The SMILES string of the molecule is O=C(NCCCO)c1ncccc1O. The lowest BCUT2D eigenvalue weighted by molar-refractivity contribution is 0.0943. The van der Waals surface area contributed by atoms with Crippen molar-refractivity contribution in [3.8, 4) is 5.75 Å². The molecule has 14 heavy (non-hydrogen) atoms. The zero-order valence-corrected chi connectivity index (χ0v) is 7.60. The number of aliphatic hydroxyl groups excluding tert-OH is 1. The van der Waals surface area contributed by atoms with Gasteiger partial charge in [0.15, 0.2) is 5.69 Å². The molecule has 0 atom stereocenters. The van der Waals surface area contributed by atoms with E-state index in [0.717, 1.165) is 0 Å². The van der Waals surface area contributed by atoms with E-state index in [4.69, 9.17) is 5.11 Å². The number of rotatable bonds is 4. The minimum atomic E-state index is -0.434. The van der Waals surface area contributed by atoms with Crippen LogP contribution in [0.25, 0.3) is 0 Å². The molecule has 5 heteroatoms. The Kier molecular flexibility index (Phi) is 3.87. The summed E-state index contributed by atoms with van der Waals surface area (Å²) < 4.78 is 0. The number of amides is 1. The average Bonchev–Trinajstić information content (AvgIpc) is 2.18. The van der Waals surface area contributed by atoms with Crippen molar-refractivity contribution >= 4 is 5.91 Å². The maximum absolute atomic E-state index is 11.3. The monoisotopic (exact) mass is 196 g/mol. The van der Waals surface area contributed by atoms with Gasteiger partial charge in [0, 0.05) is 19.3 Å². The fraction of sp³-hybridized carbons (Fsp3) is 0.333. The first-order chi connectivity index (χ1) is 6.75. The number of aromatic nitrogens is 1. The molecule has 5 nitrogen and oxygen atoms in total. The molecule has 0 aliphatic carbocycles. The summed E-state index contributed by atoms with van der Waals surface area (Å²) in [5, 5.41) is 20.3. The standard InChI is InChI=1S/C9H12N2O3/c12-6-2-5-11-9(14)8-7(13)3-1-4-10-8/h1,3-4,12-13H,2,5-6H2,(H,11,14). The fourth-order valence-electron chi connectivity index (χ4n) is 0.936. The van der Waals surface area contributed by atoms with Crippen LogP contribution in [-0.2, 0) is 0 Å². The molecule has 0 aliphatic rings. The van der Waals surface area contributed by atoms with Crippen LogP contribution in [0.15, 0.2) is 18.3 Å². The number of hydrogen-bond acceptors (Lipinski definition) is 4. The summed E-state index contributed by atoms with van der Waals surface area (Å²) in [6, 6.07) is 2.94. The second-order valence-corrected chi connectivity index (χ2v) is 2.70. The smallest absolute Gasteiger partial charge is 0.273 e. The summed E-state index contributed by atoms with van der Waals surface area (Å²) in [6.07, 6.45) is 1.92. The second kappa shape index (κ2) is 5.18. The van der Waals surface area contributed by atoms with Gasteiger partial charge in [0.2, 0.25) is 0 Å².